The molecule has 2 aromatic heterocycles. The third kappa shape index (κ3) is 4.14. The van der Waals surface area contributed by atoms with Crippen LogP contribution in [0.25, 0.3) is 10.9 Å². The molecule has 0 unspecified atom stereocenters. The standard InChI is InChI=1S/C25H25N5O/c31-24-22-19-26-25(30-17-15-28(16-18-30)21-9-5-2-6-10-21)27-23(22)12-14-29(24)13-11-20-7-3-1-4-8-20/h1-10,12,14,19H,11,13,15-18H2. The number of benzene rings is 2. The maximum Gasteiger partial charge on any atom is 0.261 e. The minimum atomic E-state index is -0.0334. The molecule has 0 bridgehead atoms. The maximum absolute atomic E-state index is 12.9. The summed E-state index contributed by atoms with van der Waals surface area (Å²) in [6.45, 7) is 4.20. The van der Waals surface area contributed by atoms with E-state index in [4.69, 9.17) is 4.98 Å². The number of aryl methyl sites for hydroxylation is 2. The first-order valence-corrected chi connectivity index (χ1v) is 10.7. The van der Waals surface area contributed by atoms with Crippen molar-refractivity contribution in [2.75, 3.05) is 36.0 Å². The fraction of sp³-hybridized carbons (Fsp3) is 0.240. The van der Waals surface area contributed by atoms with E-state index in [1.807, 2.05) is 36.5 Å². The first-order chi connectivity index (χ1) is 15.3. The molecule has 1 aliphatic rings. The molecule has 0 amide bonds. The summed E-state index contributed by atoms with van der Waals surface area (Å²) >= 11 is 0. The normalized spacial score (nSPS) is 14.2. The van der Waals surface area contributed by atoms with Crippen LogP contribution in [0.15, 0.2) is 83.9 Å². The fourth-order valence-electron chi connectivity index (χ4n) is 4.09. The number of hydrogen-bond donors (Lipinski definition) is 0. The summed E-state index contributed by atoms with van der Waals surface area (Å²) < 4.78 is 1.75. The summed E-state index contributed by atoms with van der Waals surface area (Å²) in [5.41, 5.74) is 3.14. The lowest BCUT2D eigenvalue weighted by atomic mass is 10.1. The van der Waals surface area contributed by atoms with E-state index >= 15 is 0 Å². The summed E-state index contributed by atoms with van der Waals surface area (Å²) in [7, 11) is 0. The van der Waals surface area contributed by atoms with Crippen molar-refractivity contribution in [2.24, 2.45) is 0 Å². The summed E-state index contributed by atoms with van der Waals surface area (Å²) in [6.07, 6.45) is 4.34. The predicted molar refractivity (Wildman–Crippen MR) is 125 cm³/mol. The Bertz CT molecular complexity index is 1220. The number of pyridine rings is 1. The number of piperazine rings is 1. The van der Waals surface area contributed by atoms with Crippen LogP contribution in [0.5, 0.6) is 0 Å². The van der Waals surface area contributed by atoms with Crippen molar-refractivity contribution in [3.05, 3.63) is 95.0 Å². The molecule has 0 aliphatic carbocycles. The Balaban J connectivity index is 1.30. The van der Waals surface area contributed by atoms with Gasteiger partial charge in [-0.3, -0.25) is 4.79 Å². The molecular formula is C25H25N5O. The highest BCUT2D eigenvalue weighted by Gasteiger charge is 2.19. The maximum atomic E-state index is 12.9. The van der Waals surface area contributed by atoms with Crippen LogP contribution in [0.2, 0.25) is 0 Å². The van der Waals surface area contributed by atoms with E-state index in [2.05, 4.69) is 51.2 Å². The number of hydrogen-bond acceptors (Lipinski definition) is 5. The Labute approximate surface area is 181 Å². The first-order valence-electron chi connectivity index (χ1n) is 10.7. The predicted octanol–water partition coefficient (Wildman–Crippen LogP) is 3.36. The van der Waals surface area contributed by atoms with E-state index < -0.39 is 0 Å². The monoisotopic (exact) mass is 411 g/mol. The van der Waals surface area contributed by atoms with Crippen LogP contribution in [0.3, 0.4) is 0 Å². The van der Waals surface area contributed by atoms with Gasteiger partial charge in [0.15, 0.2) is 0 Å². The molecule has 6 nitrogen and oxygen atoms in total. The Morgan fingerprint density at radius 1 is 0.806 bits per heavy atom. The van der Waals surface area contributed by atoms with E-state index in [-0.39, 0.29) is 5.56 Å². The van der Waals surface area contributed by atoms with Gasteiger partial charge in [0.2, 0.25) is 5.95 Å². The zero-order chi connectivity index (χ0) is 21.0. The second-order valence-electron chi connectivity index (χ2n) is 7.83. The summed E-state index contributed by atoms with van der Waals surface area (Å²) in [5.74, 6) is 0.696. The Morgan fingerprint density at radius 3 is 2.23 bits per heavy atom. The van der Waals surface area contributed by atoms with Crippen LogP contribution in [-0.4, -0.2) is 40.7 Å². The zero-order valence-electron chi connectivity index (χ0n) is 17.4. The van der Waals surface area contributed by atoms with Gasteiger partial charge in [0.25, 0.3) is 5.56 Å². The number of nitrogens with zero attached hydrogens (tertiary/aromatic N) is 5. The second-order valence-corrected chi connectivity index (χ2v) is 7.83. The molecule has 1 aliphatic heterocycles. The molecule has 5 rings (SSSR count). The average molecular weight is 412 g/mol. The molecule has 1 saturated heterocycles. The van der Waals surface area contributed by atoms with Gasteiger partial charge < -0.3 is 14.4 Å². The van der Waals surface area contributed by atoms with Gasteiger partial charge >= 0.3 is 0 Å². The largest absolute Gasteiger partial charge is 0.368 e. The van der Waals surface area contributed by atoms with Crippen LogP contribution in [0.1, 0.15) is 5.56 Å². The molecule has 0 radical (unpaired) electrons. The van der Waals surface area contributed by atoms with Gasteiger partial charge in [0.1, 0.15) is 0 Å². The molecule has 0 spiro atoms. The van der Waals surface area contributed by atoms with E-state index in [1.165, 1.54) is 11.3 Å². The van der Waals surface area contributed by atoms with Crippen LogP contribution < -0.4 is 15.4 Å². The topological polar surface area (TPSA) is 54.3 Å². The number of anilines is 2. The molecule has 0 N–H and O–H groups in total. The van der Waals surface area contributed by atoms with E-state index in [1.54, 1.807) is 10.8 Å². The second kappa shape index (κ2) is 8.60. The summed E-state index contributed by atoms with van der Waals surface area (Å²) in [4.78, 5) is 26.7. The number of para-hydroxylation sites is 1. The van der Waals surface area contributed by atoms with Crippen molar-refractivity contribution in [1.82, 2.24) is 14.5 Å². The average Bonchev–Trinajstić information content (AvgIpc) is 2.85. The summed E-state index contributed by atoms with van der Waals surface area (Å²) in [5, 5.41) is 0.572. The Morgan fingerprint density at radius 2 is 1.48 bits per heavy atom. The third-order valence-electron chi connectivity index (χ3n) is 5.88. The van der Waals surface area contributed by atoms with Crippen LogP contribution in [0.4, 0.5) is 11.6 Å². The lowest BCUT2D eigenvalue weighted by Gasteiger charge is -2.36. The minimum absolute atomic E-state index is 0.0334. The molecular weight excluding hydrogens is 386 g/mol. The van der Waals surface area contributed by atoms with Crippen LogP contribution in [0, 0.1) is 0 Å². The highest BCUT2D eigenvalue weighted by atomic mass is 16.1. The number of rotatable bonds is 5. The van der Waals surface area contributed by atoms with Crippen LogP contribution in [-0.2, 0) is 13.0 Å². The van der Waals surface area contributed by atoms with Crippen molar-refractivity contribution >= 4 is 22.5 Å². The van der Waals surface area contributed by atoms with Gasteiger partial charge in [-0.05, 0) is 30.2 Å². The zero-order valence-corrected chi connectivity index (χ0v) is 17.4. The van der Waals surface area contributed by atoms with E-state index in [9.17, 15) is 4.79 Å². The minimum Gasteiger partial charge on any atom is -0.368 e. The lowest BCUT2D eigenvalue weighted by Crippen LogP contribution is -2.47. The molecule has 1 fully saturated rings. The molecule has 4 aromatic rings. The van der Waals surface area contributed by atoms with E-state index in [0.717, 1.165) is 32.6 Å². The Hall–Kier alpha value is -3.67. The molecule has 6 heteroatoms. The van der Waals surface area contributed by atoms with Gasteiger partial charge in [-0.15, -0.1) is 0 Å². The molecule has 0 saturated carbocycles. The third-order valence-corrected chi connectivity index (χ3v) is 5.88. The highest BCUT2D eigenvalue weighted by molar-refractivity contribution is 5.77. The van der Waals surface area contributed by atoms with Gasteiger partial charge in [-0.1, -0.05) is 48.5 Å². The van der Waals surface area contributed by atoms with Crippen molar-refractivity contribution < 1.29 is 0 Å². The van der Waals surface area contributed by atoms with Gasteiger partial charge in [0.05, 0.1) is 10.9 Å². The quantitative estimate of drug-likeness (QED) is 0.504. The van der Waals surface area contributed by atoms with E-state index in [0.29, 0.717) is 23.4 Å². The highest BCUT2D eigenvalue weighted by Crippen LogP contribution is 2.19. The lowest BCUT2D eigenvalue weighted by molar-refractivity contribution is 0.640. The molecule has 156 valence electrons. The van der Waals surface area contributed by atoms with Crippen molar-refractivity contribution in [2.45, 2.75) is 13.0 Å². The SMILES string of the molecule is O=c1c2cnc(N3CCN(c4ccccc4)CC3)nc2ccn1CCc1ccccc1. The smallest absolute Gasteiger partial charge is 0.261 e. The molecule has 2 aromatic carbocycles. The summed E-state index contributed by atoms with van der Waals surface area (Å²) in [6, 6.07) is 22.6. The number of aromatic nitrogens is 3. The van der Waals surface area contributed by atoms with Gasteiger partial charge in [-0.25, -0.2) is 9.97 Å². The van der Waals surface area contributed by atoms with Gasteiger partial charge in [-0.2, -0.15) is 0 Å². The Kier molecular flexibility index (Phi) is 5.35. The van der Waals surface area contributed by atoms with Gasteiger partial charge in [0, 0.05) is 50.8 Å². The van der Waals surface area contributed by atoms with Crippen molar-refractivity contribution in [1.29, 1.82) is 0 Å². The molecule has 0 atom stereocenters. The van der Waals surface area contributed by atoms with Crippen molar-refractivity contribution in [3.8, 4) is 0 Å². The first kappa shape index (κ1) is 19.3. The molecule has 3 heterocycles. The fourth-order valence-corrected chi connectivity index (χ4v) is 4.09. The number of fused-ring (bicyclic) bond motifs is 1. The molecule has 31 heavy (non-hydrogen) atoms. The van der Waals surface area contributed by atoms with Crippen LogP contribution >= 0.6 is 0 Å². The van der Waals surface area contributed by atoms with Crippen molar-refractivity contribution in [3.63, 3.8) is 0 Å².